The second-order valence-electron chi connectivity index (χ2n) is 6.21. The van der Waals surface area contributed by atoms with Gasteiger partial charge in [-0.05, 0) is 6.07 Å². The number of hydrogen-bond donors (Lipinski definition) is 3. The van der Waals surface area contributed by atoms with E-state index in [1.54, 1.807) is 5.38 Å². The van der Waals surface area contributed by atoms with Gasteiger partial charge in [0.05, 0.1) is 23.7 Å². The molecule has 0 saturated carbocycles. The Morgan fingerprint density at radius 3 is 2.76 bits per heavy atom. The maximum atomic E-state index is 12.4. The van der Waals surface area contributed by atoms with Crippen LogP contribution >= 0.6 is 11.3 Å². The Bertz CT molecular complexity index is 1090. The van der Waals surface area contributed by atoms with Gasteiger partial charge >= 0.3 is 0 Å². The summed E-state index contributed by atoms with van der Waals surface area (Å²) in [6.07, 6.45) is 1.43. The van der Waals surface area contributed by atoms with Gasteiger partial charge in [0.1, 0.15) is 5.69 Å². The Kier molecular flexibility index (Phi) is 5.10. The highest BCUT2D eigenvalue weighted by molar-refractivity contribution is 7.13. The Morgan fingerprint density at radius 1 is 1.24 bits per heavy atom. The molecule has 3 aromatic rings. The number of anilines is 1. The summed E-state index contributed by atoms with van der Waals surface area (Å²) < 4.78 is 5.30. The van der Waals surface area contributed by atoms with Crippen LogP contribution in [0.15, 0.2) is 29.8 Å². The third-order valence-corrected chi connectivity index (χ3v) is 5.32. The zero-order valence-corrected chi connectivity index (χ0v) is 15.8. The van der Waals surface area contributed by atoms with E-state index in [9.17, 15) is 19.7 Å². The molecule has 1 aliphatic heterocycles. The number of nitrogens with zero attached hydrogens (tertiary/aromatic N) is 3. The number of hydrazine groups is 1. The van der Waals surface area contributed by atoms with E-state index < -0.39 is 16.7 Å². The number of H-pyrrole nitrogens is 1. The van der Waals surface area contributed by atoms with E-state index in [-0.39, 0.29) is 16.9 Å². The van der Waals surface area contributed by atoms with E-state index in [0.717, 1.165) is 0 Å². The smallest absolute Gasteiger partial charge is 0.289 e. The molecule has 1 aliphatic rings. The lowest BCUT2D eigenvalue weighted by molar-refractivity contribution is -0.384. The van der Waals surface area contributed by atoms with Crippen molar-refractivity contribution in [2.45, 2.75) is 0 Å². The van der Waals surface area contributed by atoms with Crippen molar-refractivity contribution >= 4 is 44.9 Å². The molecule has 11 nitrogen and oxygen atoms in total. The van der Waals surface area contributed by atoms with Gasteiger partial charge in [0.25, 0.3) is 17.5 Å². The highest BCUT2D eigenvalue weighted by Crippen LogP contribution is 2.24. The van der Waals surface area contributed by atoms with E-state index in [0.29, 0.717) is 42.3 Å². The Labute approximate surface area is 167 Å². The van der Waals surface area contributed by atoms with Gasteiger partial charge in [-0.25, -0.2) is 4.98 Å². The van der Waals surface area contributed by atoms with Crippen LogP contribution < -0.4 is 15.8 Å². The van der Waals surface area contributed by atoms with Gasteiger partial charge in [-0.15, -0.1) is 11.3 Å². The number of thiazole rings is 1. The van der Waals surface area contributed by atoms with Gasteiger partial charge in [-0.2, -0.15) is 0 Å². The first-order chi connectivity index (χ1) is 14.0. The van der Waals surface area contributed by atoms with Crippen LogP contribution in [0.2, 0.25) is 0 Å². The number of ether oxygens (including phenoxy) is 1. The molecule has 12 heteroatoms. The molecule has 3 heterocycles. The number of non-ortho nitro benzene ring substituents is 1. The predicted octanol–water partition coefficient (Wildman–Crippen LogP) is 1.44. The van der Waals surface area contributed by atoms with Crippen LogP contribution in [0.25, 0.3) is 10.9 Å². The maximum Gasteiger partial charge on any atom is 0.289 e. The van der Waals surface area contributed by atoms with E-state index in [2.05, 4.69) is 20.8 Å². The number of carbonyl (C=O) groups is 2. The van der Waals surface area contributed by atoms with Crippen LogP contribution in [-0.2, 0) is 4.74 Å². The van der Waals surface area contributed by atoms with E-state index in [4.69, 9.17) is 4.74 Å². The molecule has 0 unspecified atom stereocenters. The molecule has 0 spiro atoms. The second kappa shape index (κ2) is 7.85. The van der Waals surface area contributed by atoms with Crippen molar-refractivity contribution in [1.82, 2.24) is 20.8 Å². The number of nitrogens with one attached hydrogen (secondary N) is 3. The number of nitro groups is 1. The topological polar surface area (TPSA) is 142 Å². The summed E-state index contributed by atoms with van der Waals surface area (Å²) in [4.78, 5) is 44.4. The van der Waals surface area contributed by atoms with Crippen molar-refractivity contribution in [1.29, 1.82) is 0 Å². The Hall–Kier alpha value is -3.51. The normalized spacial score (nSPS) is 14.0. The van der Waals surface area contributed by atoms with Crippen LogP contribution in [-0.4, -0.2) is 53.0 Å². The van der Waals surface area contributed by atoms with Crippen molar-refractivity contribution < 1.29 is 19.2 Å². The number of rotatable bonds is 4. The molecule has 0 bridgehead atoms. The first kappa shape index (κ1) is 18.8. The highest BCUT2D eigenvalue weighted by Gasteiger charge is 2.19. The molecule has 3 N–H and O–H groups in total. The zero-order valence-electron chi connectivity index (χ0n) is 15.0. The molecule has 0 atom stereocenters. The fourth-order valence-electron chi connectivity index (χ4n) is 2.92. The van der Waals surface area contributed by atoms with Crippen molar-refractivity contribution in [2.75, 3.05) is 31.2 Å². The summed E-state index contributed by atoms with van der Waals surface area (Å²) in [7, 11) is 0. The molecule has 0 aliphatic carbocycles. The molecular weight excluding hydrogens is 400 g/mol. The fourth-order valence-corrected chi connectivity index (χ4v) is 3.78. The molecule has 2 aromatic heterocycles. The highest BCUT2D eigenvalue weighted by atomic mass is 32.1. The van der Waals surface area contributed by atoms with E-state index in [1.165, 1.54) is 35.7 Å². The lowest BCUT2D eigenvalue weighted by Gasteiger charge is -2.25. The molecule has 2 amide bonds. The van der Waals surface area contributed by atoms with Gasteiger partial charge in [-0.1, -0.05) is 0 Å². The molecule has 4 rings (SSSR count). The minimum Gasteiger partial charge on any atom is -0.378 e. The molecule has 150 valence electrons. The molecule has 29 heavy (non-hydrogen) atoms. The number of carbonyl (C=O) groups excluding carboxylic acids is 2. The van der Waals surface area contributed by atoms with Gasteiger partial charge in [-0.3, -0.25) is 30.6 Å². The molecular formula is C17H16N6O5S. The van der Waals surface area contributed by atoms with E-state index in [1.807, 2.05) is 4.90 Å². The van der Waals surface area contributed by atoms with Gasteiger partial charge < -0.3 is 14.6 Å². The fraction of sp³-hybridized carbons (Fsp3) is 0.235. The van der Waals surface area contributed by atoms with Crippen LogP contribution in [0.3, 0.4) is 0 Å². The average Bonchev–Trinajstić information content (AvgIpc) is 3.39. The maximum absolute atomic E-state index is 12.4. The zero-order chi connectivity index (χ0) is 20.4. The number of aromatic nitrogens is 2. The summed E-state index contributed by atoms with van der Waals surface area (Å²) in [5, 5.41) is 13.7. The Morgan fingerprint density at radius 2 is 2.00 bits per heavy atom. The number of benzene rings is 1. The van der Waals surface area contributed by atoms with Crippen molar-refractivity contribution in [3.05, 3.63) is 51.1 Å². The average molecular weight is 416 g/mol. The SMILES string of the molecule is O=C(NNC(=O)c1c[nH]c2ccc([N+](=O)[O-])cc12)c1csc(N2CCOCC2)n1. The molecule has 1 saturated heterocycles. The van der Waals surface area contributed by atoms with Gasteiger partial charge in [0, 0.05) is 47.7 Å². The number of amides is 2. The van der Waals surface area contributed by atoms with Crippen molar-refractivity contribution in [2.24, 2.45) is 0 Å². The molecule has 0 radical (unpaired) electrons. The summed E-state index contributed by atoms with van der Waals surface area (Å²) in [5.74, 6) is -1.16. The monoisotopic (exact) mass is 416 g/mol. The standard InChI is InChI=1S/C17H16N6O5S/c24-15(12-8-18-13-2-1-10(23(26)27)7-11(12)13)20-21-16(25)14-9-29-17(19-14)22-3-5-28-6-4-22/h1-2,7-9,18H,3-6H2,(H,20,24)(H,21,25). The Balaban J connectivity index is 1.42. The summed E-state index contributed by atoms with van der Waals surface area (Å²) in [5.41, 5.74) is 5.44. The molecule has 1 aromatic carbocycles. The van der Waals surface area contributed by atoms with E-state index >= 15 is 0 Å². The van der Waals surface area contributed by atoms with Gasteiger partial charge in [0.2, 0.25) is 0 Å². The largest absolute Gasteiger partial charge is 0.378 e. The van der Waals surface area contributed by atoms with Crippen LogP contribution in [0.4, 0.5) is 10.8 Å². The van der Waals surface area contributed by atoms with Crippen molar-refractivity contribution in [3.8, 4) is 0 Å². The van der Waals surface area contributed by atoms with Crippen LogP contribution in [0, 0.1) is 10.1 Å². The number of aromatic amines is 1. The number of hydrogen-bond acceptors (Lipinski definition) is 8. The lowest BCUT2D eigenvalue weighted by atomic mass is 10.1. The third-order valence-electron chi connectivity index (χ3n) is 4.42. The van der Waals surface area contributed by atoms with Crippen molar-refractivity contribution in [3.63, 3.8) is 0 Å². The predicted molar refractivity (Wildman–Crippen MR) is 105 cm³/mol. The lowest BCUT2D eigenvalue weighted by Crippen LogP contribution is -2.41. The minimum atomic E-state index is -0.603. The quantitative estimate of drug-likeness (QED) is 0.431. The molecule has 1 fully saturated rings. The number of fused-ring (bicyclic) bond motifs is 1. The summed E-state index contributed by atoms with van der Waals surface area (Å²) in [6, 6.07) is 4.17. The summed E-state index contributed by atoms with van der Waals surface area (Å²) >= 11 is 1.34. The van der Waals surface area contributed by atoms with Crippen LogP contribution in [0.5, 0.6) is 0 Å². The second-order valence-corrected chi connectivity index (χ2v) is 7.05. The third kappa shape index (κ3) is 3.88. The number of morpholine rings is 1. The first-order valence-electron chi connectivity index (χ1n) is 8.67. The minimum absolute atomic E-state index is 0.131. The first-order valence-corrected chi connectivity index (χ1v) is 9.55. The number of nitro benzene ring substituents is 1. The van der Waals surface area contributed by atoms with Gasteiger partial charge in [0.15, 0.2) is 5.13 Å². The van der Waals surface area contributed by atoms with Crippen LogP contribution in [0.1, 0.15) is 20.8 Å². The summed E-state index contributed by atoms with van der Waals surface area (Å²) in [6.45, 7) is 2.63.